The van der Waals surface area contributed by atoms with Gasteiger partial charge in [-0.25, -0.2) is 0 Å². The molecule has 52 valence electrons. The van der Waals surface area contributed by atoms with Crippen LogP contribution in [0.25, 0.3) is 0 Å². The fourth-order valence-corrected chi connectivity index (χ4v) is 0.528. The summed E-state index contributed by atoms with van der Waals surface area (Å²) < 4.78 is 0. The number of carbonyl (C=O) groups excluding carboxylic acids is 2. The molecule has 1 N–H and O–H groups in total. The number of hydrogen-bond acceptors (Lipinski definition) is 3. The molecule has 0 fully saturated rings. The number of hydrogen-bond donors (Lipinski definition) is 1. The summed E-state index contributed by atoms with van der Waals surface area (Å²) in [6, 6.07) is -0.303. The Morgan fingerprint density at radius 3 is 2.44 bits per heavy atom. The standard InChI is InChI=1S/C6H11NO2/c1-5(9)3-6(4-8)7-2/h4,6-7H,3H2,1-2H3. The Balaban J connectivity index is 3.55. The highest BCUT2D eigenvalue weighted by Crippen LogP contribution is 1.86. The van der Waals surface area contributed by atoms with Crippen molar-refractivity contribution < 1.29 is 9.59 Å². The number of likely N-dealkylation sites (N-methyl/N-ethyl adjacent to an activating group) is 1. The van der Waals surface area contributed by atoms with Gasteiger partial charge in [0.1, 0.15) is 12.1 Å². The van der Waals surface area contributed by atoms with Crippen molar-refractivity contribution in [2.75, 3.05) is 7.05 Å². The Kier molecular flexibility index (Phi) is 3.88. The van der Waals surface area contributed by atoms with E-state index in [1.807, 2.05) is 0 Å². The Morgan fingerprint density at radius 1 is 1.78 bits per heavy atom. The maximum atomic E-state index is 10.4. The van der Waals surface area contributed by atoms with Crippen LogP contribution in [0.4, 0.5) is 0 Å². The lowest BCUT2D eigenvalue weighted by Crippen LogP contribution is -2.28. The van der Waals surface area contributed by atoms with Crippen molar-refractivity contribution in [3.05, 3.63) is 0 Å². The van der Waals surface area contributed by atoms with E-state index in [1.54, 1.807) is 7.05 Å². The summed E-state index contributed by atoms with van der Waals surface area (Å²) in [5, 5.41) is 2.69. The SMILES string of the molecule is CNC(C=O)CC(C)=O. The minimum atomic E-state index is -0.303. The summed E-state index contributed by atoms with van der Waals surface area (Å²) in [6.07, 6.45) is 1.03. The maximum absolute atomic E-state index is 10.4. The summed E-state index contributed by atoms with van der Waals surface area (Å²) >= 11 is 0. The lowest BCUT2D eigenvalue weighted by molar-refractivity contribution is -0.120. The molecule has 1 unspecified atom stereocenters. The Hall–Kier alpha value is -0.700. The van der Waals surface area contributed by atoms with Crippen molar-refractivity contribution in [1.82, 2.24) is 5.32 Å². The zero-order valence-corrected chi connectivity index (χ0v) is 5.68. The number of nitrogens with one attached hydrogen (secondary N) is 1. The van der Waals surface area contributed by atoms with E-state index in [-0.39, 0.29) is 11.8 Å². The molecule has 0 rings (SSSR count). The second kappa shape index (κ2) is 4.21. The van der Waals surface area contributed by atoms with Crippen LogP contribution in [0.5, 0.6) is 0 Å². The van der Waals surface area contributed by atoms with Gasteiger partial charge in [-0.05, 0) is 14.0 Å². The molecule has 0 aliphatic rings. The van der Waals surface area contributed by atoms with Gasteiger partial charge in [-0.3, -0.25) is 4.79 Å². The Bertz CT molecular complexity index is 112. The number of carbonyl (C=O) groups is 2. The highest BCUT2D eigenvalue weighted by atomic mass is 16.1. The quantitative estimate of drug-likeness (QED) is 0.532. The molecule has 0 heterocycles. The molecular formula is C6H11NO2. The first-order valence-electron chi connectivity index (χ1n) is 2.82. The van der Waals surface area contributed by atoms with E-state index in [1.165, 1.54) is 6.92 Å². The van der Waals surface area contributed by atoms with Gasteiger partial charge < -0.3 is 10.1 Å². The van der Waals surface area contributed by atoms with Gasteiger partial charge in [0.05, 0.1) is 6.04 Å². The molecule has 0 spiro atoms. The number of ketones is 1. The van der Waals surface area contributed by atoms with Crippen LogP contribution in [-0.4, -0.2) is 25.2 Å². The van der Waals surface area contributed by atoms with Gasteiger partial charge in [0, 0.05) is 6.42 Å². The highest BCUT2D eigenvalue weighted by Gasteiger charge is 2.05. The smallest absolute Gasteiger partial charge is 0.137 e. The van der Waals surface area contributed by atoms with Crippen LogP contribution in [0.3, 0.4) is 0 Å². The zero-order chi connectivity index (χ0) is 7.28. The van der Waals surface area contributed by atoms with Gasteiger partial charge in [-0.15, -0.1) is 0 Å². The predicted octanol–water partition coefficient (Wildman–Crippen LogP) is -0.248. The van der Waals surface area contributed by atoms with Crippen LogP contribution in [0.1, 0.15) is 13.3 Å². The summed E-state index contributed by atoms with van der Waals surface area (Å²) in [4.78, 5) is 20.4. The van der Waals surface area contributed by atoms with E-state index in [4.69, 9.17) is 0 Å². The first-order chi connectivity index (χ1) is 4.20. The van der Waals surface area contributed by atoms with E-state index in [9.17, 15) is 9.59 Å². The first kappa shape index (κ1) is 8.30. The average molecular weight is 129 g/mol. The third kappa shape index (κ3) is 3.85. The van der Waals surface area contributed by atoms with Crippen molar-refractivity contribution in [2.24, 2.45) is 0 Å². The van der Waals surface area contributed by atoms with Crippen LogP contribution in [0.2, 0.25) is 0 Å². The summed E-state index contributed by atoms with van der Waals surface area (Å²) in [7, 11) is 1.65. The van der Waals surface area contributed by atoms with Gasteiger partial charge in [-0.1, -0.05) is 0 Å². The van der Waals surface area contributed by atoms with Crippen LogP contribution in [0.15, 0.2) is 0 Å². The molecule has 0 aliphatic heterocycles. The summed E-state index contributed by atoms with van der Waals surface area (Å²) in [5.74, 6) is 0.0291. The second-order valence-electron chi connectivity index (χ2n) is 1.94. The van der Waals surface area contributed by atoms with E-state index < -0.39 is 0 Å². The molecule has 0 aromatic carbocycles. The first-order valence-corrected chi connectivity index (χ1v) is 2.82. The zero-order valence-electron chi connectivity index (χ0n) is 5.68. The van der Waals surface area contributed by atoms with Crippen molar-refractivity contribution in [3.8, 4) is 0 Å². The van der Waals surface area contributed by atoms with Crippen molar-refractivity contribution in [3.63, 3.8) is 0 Å². The average Bonchev–Trinajstić information content (AvgIpc) is 1.82. The van der Waals surface area contributed by atoms with Gasteiger partial charge >= 0.3 is 0 Å². The number of Topliss-reactive ketones (excluding diaryl/α,β-unsaturated/α-hetero) is 1. The molecule has 0 aliphatic carbocycles. The number of aldehydes is 1. The third-order valence-electron chi connectivity index (χ3n) is 1.04. The van der Waals surface area contributed by atoms with Crippen molar-refractivity contribution >= 4 is 12.1 Å². The monoisotopic (exact) mass is 129 g/mol. The lowest BCUT2D eigenvalue weighted by Gasteiger charge is -2.03. The lowest BCUT2D eigenvalue weighted by atomic mass is 10.2. The molecule has 0 saturated heterocycles. The van der Waals surface area contributed by atoms with E-state index in [2.05, 4.69) is 5.32 Å². The molecule has 3 nitrogen and oxygen atoms in total. The maximum Gasteiger partial charge on any atom is 0.137 e. The normalized spacial score (nSPS) is 12.7. The fraction of sp³-hybridized carbons (Fsp3) is 0.667. The predicted molar refractivity (Wildman–Crippen MR) is 34.2 cm³/mol. The fourth-order valence-electron chi connectivity index (χ4n) is 0.528. The molecule has 9 heavy (non-hydrogen) atoms. The molecule has 0 aromatic rings. The van der Waals surface area contributed by atoms with Crippen LogP contribution in [-0.2, 0) is 9.59 Å². The van der Waals surface area contributed by atoms with E-state index in [0.29, 0.717) is 6.42 Å². The second-order valence-corrected chi connectivity index (χ2v) is 1.94. The van der Waals surface area contributed by atoms with Crippen LogP contribution in [0, 0.1) is 0 Å². The molecule has 0 saturated carbocycles. The van der Waals surface area contributed by atoms with E-state index in [0.717, 1.165) is 6.29 Å². The molecular weight excluding hydrogens is 118 g/mol. The molecule has 0 amide bonds. The van der Waals surface area contributed by atoms with Crippen LogP contribution >= 0.6 is 0 Å². The van der Waals surface area contributed by atoms with E-state index >= 15 is 0 Å². The van der Waals surface area contributed by atoms with Gasteiger partial charge in [-0.2, -0.15) is 0 Å². The Labute approximate surface area is 54.4 Å². The molecule has 1 atom stereocenters. The van der Waals surface area contributed by atoms with Crippen molar-refractivity contribution in [1.29, 1.82) is 0 Å². The highest BCUT2D eigenvalue weighted by molar-refractivity contribution is 5.79. The summed E-state index contributed by atoms with van der Waals surface area (Å²) in [6.45, 7) is 1.47. The van der Waals surface area contributed by atoms with Gasteiger partial charge in [0.15, 0.2) is 0 Å². The topological polar surface area (TPSA) is 46.2 Å². The minimum absolute atomic E-state index is 0.0291. The third-order valence-corrected chi connectivity index (χ3v) is 1.04. The van der Waals surface area contributed by atoms with Gasteiger partial charge in [0.25, 0.3) is 0 Å². The largest absolute Gasteiger partial charge is 0.310 e. The van der Waals surface area contributed by atoms with Crippen molar-refractivity contribution in [2.45, 2.75) is 19.4 Å². The molecule has 3 heteroatoms. The van der Waals surface area contributed by atoms with Crippen LogP contribution < -0.4 is 5.32 Å². The Morgan fingerprint density at radius 2 is 2.33 bits per heavy atom. The summed E-state index contributed by atoms with van der Waals surface area (Å²) in [5.41, 5.74) is 0. The minimum Gasteiger partial charge on any atom is -0.310 e. The molecule has 0 aromatic heterocycles. The number of rotatable bonds is 4. The van der Waals surface area contributed by atoms with Gasteiger partial charge in [0.2, 0.25) is 0 Å². The molecule has 0 radical (unpaired) electrons. The molecule has 0 bridgehead atoms.